The fourth-order valence-electron chi connectivity index (χ4n) is 3.65. The molecule has 0 spiro atoms. The molecule has 0 aliphatic heterocycles. The molecule has 0 atom stereocenters. The van der Waals surface area contributed by atoms with E-state index in [1.54, 1.807) is 30.5 Å². The van der Waals surface area contributed by atoms with Gasteiger partial charge in [0.05, 0.1) is 22.7 Å². The highest BCUT2D eigenvalue weighted by Crippen LogP contribution is 2.25. The first-order valence-electron chi connectivity index (χ1n) is 11.3. The van der Waals surface area contributed by atoms with Gasteiger partial charge >= 0.3 is 5.97 Å². The number of ether oxygens (including phenoxy) is 1. The minimum absolute atomic E-state index is 0.171. The highest BCUT2D eigenvalue weighted by atomic mass is 79.9. The van der Waals surface area contributed by atoms with Crippen molar-refractivity contribution in [2.45, 2.75) is 20.0 Å². The Morgan fingerprint density at radius 1 is 1.17 bits per heavy atom. The maximum Gasteiger partial charge on any atom is 0.335 e. The third kappa shape index (κ3) is 5.46. The van der Waals surface area contributed by atoms with Gasteiger partial charge < -0.3 is 14.7 Å². The highest BCUT2D eigenvalue weighted by Gasteiger charge is 2.11. The van der Waals surface area contributed by atoms with Gasteiger partial charge in [0, 0.05) is 42.3 Å². The van der Waals surface area contributed by atoms with Gasteiger partial charge in [-0.1, -0.05) is 35.0 Å². The minimum Gasteiger partial charge on any atom is -0.488 e. The van der Waals surface area contributed by atoms with Crippen molar-refractivity contribution in [3.8, 4) is 5.75 Å². The van der Waals surface area contributed by atoms with Gasteiger partial charge in [-0.2, -0.15) is 9.78 Å². The lowest BCUT2D eigenvalue weighted by molar-refractivity contribution is 0.0696. The maximum atomic E-state index is 13.2. The van der Waals surface area contributed by atoms with E-state index in [2.05, 4.69) is 26.0 Å². The number of halogens is 1. The number of benzene rings is 3. The Labute approximate surface area is 216 Å². The lowest BCUT2D eigenvalue weighted by atomic mass is 10.1. The first-order valence-corrected chi connectivity index (χ1v) is 12.1. The molecule has 0 amide bonds. The van der Waals surface area contributed by atoms with Crippen molar-refractivity contribution in [2.75, 3.05) is 19.0 Å². The van der Waals surface area contributed by atoms with Crippen LogP contribution in [0.5, 0.6) is 5.75 Å². The standard InChI is InChI=1S/C27H25BrN4O4/c1-4-25-30-23-11-9-20(28)13-22(23)26(33)32(25)29-15-19-8-10-21(31(2)3)14-24(19)36-16-17-6-5-7-18(12-17)27(34)35/h5-15H,4,16H2,1-3H3,(H,34,35). The van der Waals surface area contributed by atoms with E-state index < -0.39 is 5.97 Å². The largest absolute Gasteiger partial charge is 0.488 e. The van der Waals surface area contributed by atoms with Crippen LogP contribution in [0.15, 0.2) is 75.0 Å². The van der Waals surface area contributed by atoms with Gasteiger partial charge in [0.15, 0.2) is 0 Å². The Balaban J connectivity index is 1.71. The van der Waals surface area contributed by atoms with E-state index in [0.717, 1.165) is 15.7 Å². The lowest BCUT2D eigenvalue weighted by Crippen LogP contribution is -2.22. The van der Waals surface area contributed by atoms with Crippen molar-refractivity contribution >= 4 is 44.7 Å². The summed E-state index contributed by atoms with van der Waals surface area (Å²) in [6.45, 7) is 2.09. The number of aromatic nitrogens is 2. The molecule has 9 heteroatoms. The Bertz CT molecular complexity index is 1530. The fraction of sp³-hybridized carbons (Fsp3) is 0.185. The zero-order valence-electron chi connectivity index (χ0n) is 20.1. The zero-order valence-corrected chi connectivity index (χ0v) is 21.7. The summed E-state index contributed by atoms with van der Waals surface area (Å²) < 4.78 is 8.19. The second-order valence-electron chi connectivity index (χ2n) is 8.32. The molecule has 3 aromatic carbocycles. The number of anilines is 1. The molecule has 0 saturated heterocycles. The fourth-order valence-corrected chi connectivity index (χ4v) is 4.01. The Kier molecular flexibility index (Phi) is 7.49. The van der Waals surface area contributed by atoms with Crippen LogP contribution in [0, 0.1) is 0 Å². The third-order valence-electron chi connectivity index (χ3n) is 5.59. The van der Waals surface area contributed by atoms with Crippen LogP contribution in [0.4, 0.5) is 5.69 Å². The average molecular weight is 549 g/mol. The van der Waals surface area contributed by atoms with Crippen LogP contribution in [0.25, 0.3) is 10.9 Å². The smallest absolute Gasteiger partial charge is 0.335 e. The predicted molar refractivity (Wildman–Crippen MR) is 145 cm³/mol. The van der Waals surface area contributed by atoms with Crippen LogP contribution in [0.1, 0.15) is 34.2 Å². The summed E-state index contributed by atoms with van der Waals surface area (Å²) in [6, 6.07) is 17.7. The minimum atomic E-state index is -0.993. The maximum absolute atomic E-state index is 13.2. The lowest BCUT2D eigenvalue weighted by Gasteiger charge is -2.16. The number of carbonyl (C=O) groups is 1. The van der Waals surface area contributed by atoms with Gasteiger partial charge in [-0.15, -0.1) is 0 Å². The van der Waals surface area contributed by atoms with Crippen molar-refractivity contribution in [3.63, 3.8) is 0 Å². The molecule has 0 fully saturated rings. The highest BCUT2D eigenvalue weighted by molar-refractivity contribution is 9.10. The zero-order chi connectivity index (χ0) is 25.8. The summed E-state index contributed by atoms with van der Waals surface area (Å²) in [7, 11) is 3.85. The number of hydrogen-bond donors (Lipinski definition) is 1. The molecular formula is C27H25BrN4O4. The first kappa shape index (κ1) is 25.1. The van der Waals surface area contributed by atoms with Crippen LogP contribution < -0.4 is 15.2 Å². The molecule has 184 valence electrons. The van der Waals surface area contributed by atoms with Gasteiger partial charge in [0.1, 0.15) is 18.2 Å². The molecule has 4 rings (SSSR count). The number of nitrogens with zero attached hydrogens (tertiary/aromatic N) is 4. The van der Waals surface area contributed by atoms with E-state index in [1.165, 1.54) is 10.7 Å². The summed E-state index contributed by atoms with van der Waals surface area (Å²) >= 11 is 3.41. The number of carboxylic acid groups (broad SMARTS) is 1. The third-order valence-corrected chi connectivity index (χ3v) is 6.08. The van der Waals surface area contributed by atoms with Gasteiger partial charge in [-0.3, -0.25) is 4.79 Å². The molecule has 0 saturated carbocycles. The molecule has 0 radical (unpaired) electrons. The molecular weight excluding hydrogens is 524 g/mol. The average Bonchev–Trinajstić information content (AvgIpc) is 2.87. The summed E-state index contributed by atoms with van der Waals surface area (Å²) in [6.07, 6.45) is 2.11. The van der Waals surface area contributed by atoms with E-state index >= 15 is 0 Å². The van der Waals surface area contributed by atoms with Gasteiger partial charge in [-0.25, -0.2) is 9.78 Å². The van der Waals surface area contributed by atoms with Crippen LogP contribution in [0.2, 0.25) is 0 Å². The van der Waals surface area contributed by atoms with Gasteiger partial charge in [0.2, 0.25) is 0 Å². The number of carboxylic acids is 1. The Hall–Kier alpha value is -3.98. The normalized spacial score (nSPS) is 11.2. The predicted octanol–water partition coefficient (Wildman–Crippen LogP) is 4.95. The number of rotatable bonds is 8. The summed E-state index contributed by atoms with van der Waals surface area (Å²) in [4.78, 5) is 31.1. The molecule has 0 aliphatic carbocycles. The molecule has 0 aliphatic rings. The molecule has 1 aromatic heterocycles. The number of hydrogen-bond acceptors (Lipinski definition) is 6. The van der Waals surface area contributed by atoms with E-state index in [-0.39, 0.29) is 17.7 Å². The number of aryl methyl sites for hydroxylation is 1. The van der Waals surface area contributed by atoms with Crippen molar-refractivity contribution in [1.82, 2.24) is 9.66 Å². The van der Waals surface area contributed by atoms with Crippen molar-refractivity contribution in [1.29, 1.82) is 0 Å². The summed E-state index contributed by atoms with van der Waals surface area (Å²) in [5, 5.41) is 14.2. The molecule has 1 heterocycles. The van der Waals surface area contributed by atoms with Crippen LogP contribution in [-0.4, -0.2) is 41.0 Å². The van der Waals surface area contributed by atoms with Crippen molar-refractivity contribution in [2.24, 2.45) is 5.10 Å². The first-order chi connectivity index (χ1) is 17.3. The Morgan fingerprint density at radius 3 is 2.69 bits per heavy atom. The van der Waals surface area contributed by atoms with Crippen LogP contribution in [0.3, 0.4) is 0 Å². The second kappa shape index (κ2) is 10.7. The Morgan fingerprint density at radius 2 is 1.97 bits per heavy atom. The quantitative estimate of drug-likeness (QED) is 0.313. The van der Waals surface area contributed by atoms with Crippen LogP contribution in [-0.2, 0) is 13.0 Å². The van der Waals surface area contributed by atoms with Gasteiger partial charge in [0.25, 0.3) is 5.56 Å². The van der Waals surface area contributed by atoms with E-state index in [4.69, 9.17) is 4.74 Å². The molecule has 4 aromatic rings. The second-order valence-corrected chi connectivity index (χ2v) is 9.23. The monoisotopic (exact) mass is 548 g/mol. The van der Waals surface area contributed by atoms with E-state index in [1.807, 2.05) is 56.3 Å². The molecule has 1 N–H and O–H groups in total. The van der Waals surface area contributed by atoms with Crippen molar-refractivity contribution in [3.05, 3.63) is 98.0 Å². The van der Waals surface area contributed by atoms with Gasteiger partial charge in [-0.05, 0) is 48.0 Å². The van der Waals surface area contributed by atoms with E-state index in [0.29, 0.717) is 34.5 Å². The molecule has 0 bridgehead atoms. The van der Waals surface area contributed by atoms with Crippen molar-refractivity contribution < 1.29 is 14.6 Å². The topological polar surface area (TPSA) is 97.0 Å². The molecule has 36 heavy (non-hydrogen) atoms. The summed E-state index contributed by atoms with van der Waals surface area (Å²) in [5.74, 6) is 0.102. The van der Waals surface area contributed by atoms with Crippen LogP contribution >= 0.6 is 15.9 Å². The van der Waals surface area contributed by atoms with E-state index in [9.17, 15) is 14.7 Å². The SMILES string of the molecule is CCc1nc2ccc(Br)cc2c(=O)n1N=Cc1ccc(N(C)C)cc1OCc1cccc(C(=O)O)c1. The molecule has 0 unspecified atom stereocenters. The number of fused-ring (bicyclic) bond motifs is 1. The number of aromatic carboxylic acids is 1. The summed E-state index contributed by atoms with van der Waals surface area (Å²) in [5.41, 5.74) is 2.87. The molecule has 8 nitrogen and oxygen atoms in total.